The van der Waals surface area contributed by atoms with Crippen LogP contribution >= 0.6 is 27.5 Å². The molecule has 4 aromatic rings. The van der Waals surface area contributed by atoms with Crippen molar-refractivity contribution in [2.45, 2.75) is 44.7 Å². The van der Waals surface area contributed by atoms with E-state index in [0.29, 0.717) is 17.3 Å². The Labute approximate surface area is 279 Å². The Kier molecular flexibility index (Phi) is 11.8. The van der Waals surface area contributed by atoms with E-state index in [1.54, 1.807) is 60.7 Å². The van der Waals surface area contributed by atoms with Crippen molar-refractivity contribution in [3.8, 4) is 0 Å². The van der Waals surface area contributed by atoms with Gasteiger partial charge in [-0.05, 0) is 72.5 Å². The van der Waals surface area contributed by atoms with E-state index in [4.69, 9.17) is 11.6 Å². The fourth-order valence-corrected chi connectivity index (χ4v) is 6.54. The first-order valence-electron chi connectivity index (χ1n) is 14.6. The number of amides is 2. The van der Waals surface area contributed by atoms with E-state index >= 15 is 0 Å². The lowest BCUT2D eigenvalue weighted by Gasteiger charge is -2.34. The van der Waals surface area contributed by atoms with Crippen LogP contribution in [0.2, 0.25) is 5.02 Å². The van der Waals surface area contributed by atoms with Crippen molar-refractivity contribution in [1.82, 2.24) is 10.2 Å². The van der Waals surface area contributed by atoms with Gasteiger partial charge in [0.1, 0.15) is 12.6 Å². The predicted octanol–water partition coefficient (Wildman–Crippen LogP) is 7.02. The molecule has 0 saturated carbocycles. The summed E-state index contributed by atoms with van der Waals surface area (Å²) in [4.78, 5) is 29.8. The van der Waals surface area contributed by atoms with E-state index < -0.39 is 28.5 Å². The zero-order chi connectivity index (χ0) is 32.6. The van der Waals surface area contributed by atoms with E-state index in [9.17, 15) is 18.0 Å². The molecule has 7 nitrogen and oxygen atoms in total. The summed E-state index contributed by atoms with van der Waals surface area (Å²) in [5, 5.41) is 3.53. The van der Waals surface area contributed by atoms with Crippen molar-refractivity contribution in [1.29, 1.82) is 0 Å². The highest BCUT2D eigenvalue weighted by Gasteiger charge is 2.34. The standard InChI is InChI=1S/C35H37BrClN3O4S/c1-25(2)22-38-35(42)33(21-27-7-5-4-6-8-27)39(23-28-11-15-30(37)16-12-28)34(41)24-40(31-17-13-29(36)14-18-31)45(43,44)32-19-9-26(3)10-20-32/h4-20,25,33H,21-24H2,1-3H3,(H,38,42)/t33-/m1/s1. The quantitative estimate of drug-likeness (QED) is 0.162. The summed E-state index contributed by atoms with van der Waals surface area (Å²) >= 11 is 9.55. The van der Waals surface area contributed by atoms with Crippen LogP contribution in [-0.4, -0.2) is 44.3 Å². The van der Waals surface area contributed by atoms with Gasteiger partial charge in [-0.3, -0.25) is 13.9 Å². The van der Waals surface area contributed by atoms with Crippen molar-refractivity contribution >= 4 is 55.1 Å². The Morgan fingerprint density at radius 3 is 2.07 bits per heavy atom. The molecule has 0 spiro atoms. The summed E-state index contributed by atoms with van der Waals surface area (Å²) in [6, 6.07) is 28.8. The lowest BCUT2D eigenvalue weighted by molar-refractivity contribution is -0.140. The van der Waals surface area contributed by atoms with Crippen molar-refractivity contribution in [3.05, 3.63) is 129 Å². The molecule has 2 amide bonds. The summed E-state index contributed by atoms with van der Waals surface area (Å²) in [5.74, 6) is -0.644. The Hall–Kier alpha value is -3.66. The molecular formula is C35H37BrClN3O4S. The topological polar surface area (TPSA) is 86.8 Å². The number of nitrogens with zero attached hydrogens (tertiary/aromatic N) is 2. The second kappa shape index (κ2) is 15.6. The highest BCUT2D eigenvalue weighted by atomic mass is 79.9. The van der Waals surface area contributed by atoms with Gasteiger partial charge in [-0.15, -0.1) is 0 Å². The molecule has 45 heavy (non-hydrogen) atoms. The number of rotatable bonds is 13. The van der Waals surface area contributed by atoms with Gasteiger partial charge in [-0.1, -0.05) is 102 Å². The van der Waals surface area contributed by atoms with Crippen LogP contribution in [-0.2, 0) is 32.6 Å². The Balaban J connectivity index is 1.79. The van der Waals surface area contributed by atoms with Gasteiger partial charge in [-0.25, -0.2) is 8.42 Å². The SMILES string of the molecule is Cc1ccc(S(=O)(=O)N(CC(=O)N(Cc2ccc(Cl)cc2)[C@H](Cc2ccccc2)C(=O)NCC(C)C)c2ccc(Br)cc2)cc1. The molecule has 1 atom stereocenters. The van der Waals surface area contributed by atoms with Crippen molar-refractivity contribution in [2.24, 2.45) is 5.92 Å². The van der Waals surface area contributed by atoms with Crippen LogP contribution in [0, 0.1) is 12.8 Å². The van der Waals surface area contributed by atoms with Crippen LogP contribution in [0.15, 0.2) is 112 Å². The number of nitrogens with one attached hydrogen (secondary N) is 1. The average molecular weight is 711 g/mol. The maximum absolute atomic E-state index is 14.5. The normalized spacial score (nSPS) is 12.0. The summed E-state index contributed by atoms with van der Waals surface area (Å²) < 4.78 is 30.1. The average Bonchev–Trinajstić information content (AvgIpc) is 3.02. The van der Waals surface area contributed by atoms with Crippen molar-refractivity contribution in [2.75, 3.05) is 17.4 Å². The summed E-state index contributed by atoms with van der Waals surface area (Å²) in [7, 11) is -4.16. The molecule has 0 aromatic heterocycles. The number of halogens is 2. The second-order valence-corrected chi connectivity index (χ2v) is 14.5. The summed E-state index contributed by atoms with van der Waals surface area (Å²) in [6.45, 7) is 5.85. The second-order valence-electron chi connectivity index (χ2n) is 11.3. The number of carbonyl (C=O) groups is 2. The molecule has 0 aliphatic heterocycles. The van der Waals surface area contributed by atoms with Gasteiger partial charge in [0.25, 0.3) is 10.0 Å². The number of hydrogen-bond acceptors (Lipinski definition) is 4. The maximum Gasteiger partial charge on any atom is 0.264 e. The lowest BCUT2D eigenvalue weighted by Crippen LogP contribution is -2.53. The number of carbonyl (C=O) groups excluding carboxylic acids is 2. The monoisotopic (exact) mass is 709 g/mol. The van der Waals surface area contributed by atoms with Crippen molar-refractivity contribution in [3.63, 3.8) is 0 Å². The molecule has 0 heterocycles. The third kappa shape index (κ3) is 9.42. The minimum Gasteiger partial charge on any atom is -0.354 e. The van der Waals surface area contributed by atoms with E-state index in [2.05, 4.69) is 21.2 Å². The largest absolute Gasteiger partial charge is 0.354 e. The molecule has 0 fully saturated rings. The van der Waals surface area contributed by atoms with E-state index in [0.717, 1.165) is 25.5 Å². The van der Waals surface area contributed by atoms with Crippen molar-refractivity contribution < 1.29 is 18.0 Å². The Bertz CT molecular complexity index is 1680. The molecule has 0 radical (unpaired) electrons. The Morgan fingerprint density at radius 2 is 1.47 bits per heavy atom. The fraction of sp³-hybridized carbons (Fsp3) is 0.257. The van der Waals surface area contributed by atoms with Crippen LogP contribution in [0.25, 0.3) is 0 Å². The van der Waals surface area contributed by atoms with Crippen LogP contribution in [0.4, 0.5) is 5.69 Å². The lowest BCUT2D eigenvalue weighted by atomic mass is 10.0. The number of aryl methyl sites for hydroxylation is 1. The third-order valence-corrected chi connectivity index (χ3v) is 9.79. The first-order chi connectivity index (χ1) is 21.4. The van der Waals surface area contributed by atoms with Gasteiger partial charge in [-0.2, -0.15) is 0 Å². The fourth-order valence-electron chi connectivity index (χ4n) is 4.74. The molecular weight excluding hydrogens is 674 g/mol. The summed E-state index contributed by atoms with van der Waals surface area (Å²) in [6.07, 6.45) is 0.243. The smallest absolute Gasteiger partial charge is 0.264 e. The van der Waals surface area contributed by atoms with Gasteiger partial charge in [0, 0.05) is 29.0 Å². The first kappa shape index (κ1) is 34.2. The number of benzene rings is 4. The molecule has 0 unspecified atom stereocenters. The van der Waals surface area contributed by atoms with E-state index in [1.165, 1.54) is 17.0 Å². The first-order valence-corrected chi connectivity index (χ1v) is 17.3. The molecule has 10 heteroatoms. The molecule has 236 valence electrons. The molecule has 1 N–H and O–H groups in total. The molecule has 0 bridgehead atoms. The Morgan fingerprint density at radius 1 is 0.844 bits per heavy atom. The van der Waals surface area contributed by atoms with Crippen LogP contribution in [0.3, 0.4) is 0 Å². The number of sulfonamides is 1. The summed E-state index contributed by atoms with van der Waals surface area (Å²) in [5.41, 5.74) is 2.85. The van der Waals surface area contributed by atoms with Gasteiger partial charge in [0.05, 0.1) is 10.6 Å². The highest BCUT2D eigenvalue weighted by Crippen LogP contribution is 2.27. The molecule has 4 rings (SSSR count). The van der Waals surface area contributed by atoms with Gasteiger partial charge in [0.15, 0.2) is 0 Å². The van der Waals surface area contributed by atoms with E-state index in [-0.39, 0.29) is 29.7 Å². The number of anilines is 1. The minimum absolute atomic E-state index is 0.0589. The molecule has 4 aromatic carbocycles. The zero-order valence-electron chi connectivity index (χ0n) is 25.5. The molecule has 0 saturated heterocycles. The van der Waals surface area contributed by atoms with Crippen LogP contribution in [0.1, 0.15) is 30.5 Å². The van der Waals surface area contributed by atoms with Gasteiger partial charge < -0.3 is 10.2 Å². The highest BCUT2D eigenvalue weighted by molar-refractivity contribution is 9.10. The van der Waals surface area contributed by atoms with E-state index in [1.807, 2.05) is 51.1 Å². The molecule has 0 aliphatic carbocycles. The number of hydrogen-bond donors (Lipinski definition) is 1. The minimum atomic E-state index is -4.16. The van der Waals surface area contributed by atoms with Gasteiger partial charge >= 0.3 is 0 Å². The maximum atomic E-state index is 14.5. The predicted molar refractivity (Wildman–Crippen MR) is 184 cm³/mol. The molecule has 0 aliphatic rings. The van der Waals surface area contributed by atoms with Crippen LogP contribution < -0.4 is 9.62 Å². The zero-order valence-corrected chi connectivity index (χ0v) is 28.6. The van der Waals surface area contributed by atoms with Crippen LogP contribution in [0.5, 0.6) is 0 Å². The third-order valence-electron chi connectivity index (χ3n) is 7.22. The van der Waals surface area contributed by atoms with Gasteiger partial charge in [0.2, 0.25) is 11.8 Å².